The van der Waals surface area contributed by atoms with E-state index in [9.17, 15) is 34.5 Å². The second-order valence-electron chi connectivity index (χ2n) is 13.3. The average molecular weight is 678 g/mol. The molecule has 1 aliphatic rings. The van der Waals surface area contributed by atoms with E-state index in [1.54, 1.807) is 9.80 Å². The molecule has 0 bridgehead atoms. The number of hydrogen-bond donors (Lipinski definition) is 5. The van der Waals surface area contributed by atoms with E-state index in [0.29, 0.717) is 72.1 Å². The zero-order valence-electron chi connectivity index (χ0n) is 30.0. The third-order valence-corrected chi connectivity index (χ3v) is 7.20. The Morgan fingerprint density at radius 3 is 1.62 bits per heavy atom. The highest BCUT2D eigenvalue weighted by Gasteiger charge is 2.29. The fourth-order valence-electron chi connectivity index (χ4n) is 4.72. The highest BCUT2D eigenvalue weighted by Crippen LogP contribution is 2.19. The summed E-state index contributed by atoms with van der Waals surface area (Å²) in [7, 11) is 0. The number of likely N-dealkylation sites (N-methyl/N-ethyl adjacent to an activating group) is 1. The van der Waals surface area contributed by atoms with Crippen molar-refractivity contribution in [2.24, 2.45) is 10.8 Å². The first-order valence-corrected chi connectivity index (χ1v) is 16.4. The van der Waals surface area contributed by atoms with E-state index in [1.165, 1.54) is 0 Å². The van der Waals surface area contributed by atoms with Gasteiger partial charge in [0.2, 0.25) is 5.91 Å². The molecule has 1 atom stereocenters. The number of carboxylic acid groups (broad SMARTS) is 4. The lowest BCUT2D eigenvalue weighted by molar-refractivity contribution is -0.144. The zero-order chi connectivity index (χ0) is 36.6. The molecule has 0 aliphatic carbocycles. The summed E-state index contributed by atoms with van der Waals surface area (Å²) in [5, 5.41) is 38.7. The van der Waals surface area contributed by atoms with E-state index in [0.717, 1.165) is 6.54 Å². The minimum absolute atomic E-state index is 0.0485. The van der Waals surface area contributed by atoms with Gasteiger partial charge in [0.25, 0.3) is 6.47 Å². The number of carbonyl (C=O) groups excluding carboxylic acids is 1. The Bertz CT molecular complexity index is 913. The Labute approximate surface area is 281 Å². The third kappa shape index (κ3) is 24.9. The molecule has 1 saturated heterocycles. The number of carbonyl (C=O) groups is 5. The molecule has 47 heavy (non-hydrogen) atoms. The highest BCUT2D eigenvalue weighted by molar-refractivity contribution is 5.78. The van der Waals surface area contributed by atoms with Gasteiger partial charge in [-0.3, -0.25) is 38.7 Å². The quantitative estimate of drug-likeness (QED) is 0.156. The molecule has 15 heteroatoms. The van der Waals surface area contributed by atoms with Crippen molar-refractivity contribution in [3.63, 3.8) is 0 Å². The molecule has 0 aromatic rings. The van der Waals surface area contributed by atoms with Crippen molar-refractivity contribution in [1.82, 2.24) is 24.9 Å². The molecule has 15 nitrogen and oxygen atoms in total. The molecule has 1 fully saturated rings. The minimum atomic E-state index is -1.02. The van der Waals surface area contributed by atoms with Gasteiger partial charge in [-0.1, -0.05) is 55.4 Å². The van der Waals surface area contributed by atoms with Crippen LogP contribution in [0.5, 0.6) is 0 Å². The van der Waals surface area contributed by atoms with Gasteiger partial charge < -0.3 is 35.4 Å². The molecule has 1 aliphatic heterocycles. The van der Waals surface area contributed by atoms with Crippen LogP contribution in [-0.4, -0.2) is 168 Å². The first-order valence-electron chi connectivity index (χ1n) is 16.4. The lowest BCUT2D eigenvalue weighted by Crippen LogP contribution is -2.51. The van der Waals surface area contributed by atoms with Gasteiger partial charge >= 0.3 is 17.9 Å². The normalized spacial score (nSPS) is 16.9. The number of rotatable bonds is 15. The van der Waals surface area contributed by atoms with Crippen molar-refractivity contribution < 1.29 is 49.1 Å². The van der Waals surface area contributed by atoms with E-state index < -0.39 is 23.9 Å². The maximum Gasteiger partial charge on any atom is 0.320 e. The summed E-state index contributed by atoms with van der Waals surface area (Å²) in [6, 6.07) is -0.907. The van der Waals surface area contributed by atoms with Crippen LogP contribution in [0.25, 0.3) is 0 Å². The van der Waals surface area contributed by atoms with Crippen molar-refractivity contribution in [3.05, 3.63) is 0 Å². The summed E-state index contributed by atoms with van der Waals surface area (Å²) in [6.07, 6.45) is 0.173. The van der Waals surface area contributed by atoms with Gasteiger partial charge in [-0.05, 0) is 18.4 Å². The van der Waals surface area contributed by atoms with Gasteiger partial charge in [0, 0.05) is 70.7 Å². The largest absolute Gasteiger partial charge is 0.483 e. The van der Waals surface area contributed by atoms with E-state index in [1.807, 2.05) is 39.5 Å². The highest BCUT2D eigenvalue weighted by atomic mass is 16.5. The topological polar surface area (TPSA) is 200 Å². The number of nitrogens with one attached hydrogen (secondary N) is 1. The predicted octanol–water partition coefficient (Wildman–Crippen LogP) is 1.56. The van der Waals surface area contributed by atoms with E-state index in [2.05, 4.69) is 31.0 Å². The van der Waals surface area contributed by atoms with Gasteiger partial charge in [-0.25, -0.2) is 0 Å². The molecule has 0 radical (unpaired) electrons. The molecular weight excluding hydrogens is 614 g/mol. The number of hydrogen-bond acceptors (Lipinski definition) is 10. The lowest BCUT2D eigenvalue weighted by Gasteiger charge is -2.35. The second-order valence-corrected chi connectivity index (χ2v) is 13.3. The molecule has 0 saturated carbocycles. The van der Waals surface area contributed by atoms with Crippen LogP contribution in [-0.2, 0) is 28.7 Å². The summed E-state index contributed by atoms with van der Waals surface area (Å²) >= 11 is 0. The lowest BCUT2D eigenvalue weighted by atomic mass is 9.94. The predicted molar refractivity (Wildman–Crippen MR) is 180 cm³/mol. The summed E-state index contributed by atoms with van der Waals surface area (Å²) in [5.41, 5.74) is -0.227. The summed E-state index contributed by atoms with van der Waals surface area (Å²) in [4.78, 5) is 63.8. The van der Waals surface area contributed by atoms with E-state index in [-0.39, 0.29) is 49.1 Å². The Kier molecular flexibility index (Phi) is 24.8. The maximum absolute atomic E-state index is 12.7. The van der Waals surface area contributed by atoms with Crippen molar-refractivity contribution in [1.29, 1.82) is 0 Å². The van der Waals surface area contributed by atoms with Crippen LogP contribution in [0.2, 0.25) is 0 Å². The van der Waals surface area contributed by atoms with Crippen molar-refractivity contribution in [2.45, 2.75) is 74.3 Å². The summed E-state index contributed by atoms with van der Waals surface area (Å²) in [5.74, 6) is -3.19. The molecule has 1 unspecified atom stereocenters. The van der Waals surface area contributed by atoms with Crippen LogP contribution >= 0.6 is 0 Å². The Hall–Kier alpha value is -2.85. The monoisotopic (exact) mass is 677 g/mol. The smallest absolute Gasteiger partial charge is 0.320 e. The number of carboxylic acids is 3. The number of ether oxygens (including phenoxy) is 1. The first-order chi connectivity index (χ1) is 21.9. The van der Waals surface area contributed by atoms with Gasteiger partial charge in [0.1, 0.15) is 6.04 Å². The van der Waals surface area contributed by atoms with Crippen LogP contribution < -0.4 is 5.32 Å². The SMILES string of the molecule is CC.CCN1CCN(CC(=O)O)CCN(CC(=O)O)CCN(C(CCC(=O)NCC(C)(C)COCC(C)(C)C)C(=O)O)CC1.O=CO. The number of aliphatic carboxylic acids is 3. The van der Waals surface area contributed by atoms with Gasteiger partial charge in [-0.15, -0.1) is 0 Å². The van der Waals surface area contributed by atoms with Gasteiger partial charge in [0.15, 0.2) is 0 Å². The van der Waals surface area contributed by atoms with Gasteiger partial charge in [-0.2, -0.15) is 0 Å². The van der Waals surface area contributed by atoms with E-state index >= 15 is 0 Å². The third-order valence-electron chi connectivity index (χ3n) is 7.20. The number of nitrogens with zero attached hydrogens (tertiary/aromatic N) is 4. The molecule has 1 rings (SSSR count). The standard InChI is InChI=1S/C29H55N5O8.C2H6.CH2O2/c1-7-31-10-11-32(18-25(36)37)12-13-33(19-26(38)39)15-17-34(16-14-31)23(27(40)41)8-9-24(35)30-20-29(5,6)22-42-21-28(2,3)4;1-2;2-1-3/h23H,7-22H2,1-6H3,(H,30,35)(H,36,37)(H,38,39)(H,40,41);1-2H3;1H,(H,2,3). The van der Waals surface area contributed by atoms with Crippen molar-refractivity contribution in [3.8, 4) is 0 Å². The Morgan fingerprint density at radius 2 is 1.21 bits per heavy atom. The van der Waals surface area contributed by atoms with E-state index in [4.69, 9.17) is 14.6 Å². The molecule has 1 heterocycles. The molecule has 5 N–H and O–H groups in total. The van der Waals surface area contributed by atoms with Crippen LogP contribution in [0.1, 0.15) is 68.2 Å². The molecule has 1 amide bonds. The molecular formula is C32H63N5O10. The fourth-order valence-corrected chi connectivity index (χ4v) is 4.72. The molecule has 0 aromatic heterocycles. The first kappa shape index (κ1) is 46.3. The maximum atomic E-state index is 12.7. The van der Waals surface area contributed by atoms with Crippen molar-refractivity contribution >= 4 is 30.3 Å². The van der Waals surface area contributed by atoms with Gasteiger partial charge in [0.05, 0.1) is 26.3 Å². The van der Waals surface area contributed by atoms with Crippen LogP contribution in [0.15, 0.2) is 0 Å². The zero-order valence-corrected chi connectivity index (χ0v) is 30.0. The van der Waals surface area contributed by atoms with Crippen LogP contribution in [0, 0.1) is 10.8 Å². The fraction of sp³-hybridized carbons (Fsp3) is 0.844. The Morgan fingerprint density at radius 1 is 0.787 bits per heavy atom. The van der Waals surface area contributed by atoms with Crippen LogP contribution in [0.4, 0.5) is 0 Å². The summed E-state index contributed by atoms with van der Waals surface area (Å²) < 4.78 is 5.83. The van der Waals surface area contributed by atoms with Crippen molar-refractivity contribution in [2.75, 3.05) is 91.8 Å². The van der Waals surface area contributed by atoms with Crippen LogP contribution in [0.3, 0.4) is 0 Å². The number of amides is 1. The minimum Gasteiger partial charge on any atom is -0.483 e. The molecule has 0 aromatic carbocycles. The second kappa shape index (κ2) is 25.2. The Balaban J connectivity index is 0. The summed E-state index contributed by atoms with van der Waals surface area (Å²) in [6.45, 7) is 21.4. The molecule has 0 spiro atoms. The molecule has 276 valence electrons. The average Bonchev–Trinajstić information content (AvgIpc) is 2.96.